The Morgan fingerprint density at radius 3 is 2.54 bits per heavy atom. The number of anilines is 2. The lowest BCUT2D eigenvalue weighted by molar-refractivity contribution is 0.0601. The molecule has 11 nitrogen and oxygen atoms in total. The van der Waals surface area contributed by atoms with Gasteiger partial charge in [0, 0.05) is 6.07 Å². The summed E-state index contributed by atoms with van der Waals surface area (Å²) in [5.41, 5.74) is 5.17. The van der Waals surface area contributed by atoms with E-state index in [2.05, 4.69) is 20.3 Å². The largest absolute Gasteiger partial charge is 0.494 e. The highest BCUT2D eigenvalue weighted by Gasteiger charge is 2.20. The molecule has 0 bridgehead atoms. The molecule has 0 fully saturated rings. The molecule has 0 saturated carbocycles. The molecule has 0 aliphatic heterocycles. The number of nitrogens with two attached hydrogens (primary N) is 3. The Morgan fingerprint density at radius 2 is 2.00 bits per heavy atom. The van der Waals surface area contributed by atoms with Crippen LogP contribution in [0.2, 0.25) is 0 Å². The normalized spacial score (nSPS) is 11.1. The van der Waals surface area contributed by atoms with Crippen LogP contribution in [0.4, 0.5) is 15.8 Å². The van der Waals surface area contributed by atoms with Crippen molar-refractivity contribution in [3.63, 3.8) is 0 Å². The Bertz CT molecular complexity index is 915. The summed E-state index contributed by atoms with van der Waals surface area (Å²) in [6, 6.07) is 3.19. The van der Waals surface area contributed by atoms with Gasteiger partial charge in [-0.1, -0.05) is 0 Å². The minimum atomic E-state index is -0.861. The Kier molecular flexibility index (Phi) is 5.25. The van der Waals surface area contributed by atoms with Crippen LogP contribution in [-0.4, -0.2) is 36.0 Å². The van der Waals surface area contributed by atoms with Crippen LogP contribution in [0.25, 0.3) is 0 Å². The maximum absolute atomic E-state index is 13.9. The maximum atomic E-state index is 13.9. The van der Waals surface area contributed by atoms with Crippen molar-refractivity contribution >= 4 is 23.3 Å². The average molecular weight is 365 g/mol. The summed E-state index contributed by atoms with van der Waals surface area (Å²) in [5, 5.41) is 9.50. The molecule has 1 aromatic heterocycles. The van der Waals surface area contributed by atoms with Gasteiger partial charge in [0.05, 0.1) is 31.2 Å². The van der Waals surface area contributed by atoms with Gasteiger partial charge in [-0.05, 0) is 12.1 Å². The Labute approximate surface area is 146 Å². The van der Waals surface area contributed by atoms with E-state index in [1.165, 1.54) is 13.2 Å². The number of hydrogen-bond donors (Lipinski definition) is 4. The zero-order chi connectivity index (χ0) is 19.4. The van der Waals surface area contributed by atoms with Crippen LogP contribution in [-0.2, 0) is 4.74 Å². The van der Waals surface area contributed by atoms with E-state index in [-0.39, 0.29) is 33.9 Å². The summed E-state index contributed by atoms with van der Waals surface area (Å²) in [6.07, 6.45) is 0. The molecule has 0 unspecified atom stereocenters. The molecule has 0 radical (unpaired) electrons. The second-order valence-corrected chi connectivity index (χ2v) is 4.86. The molecule has 7 N–H and O–H groups in total. The van der Waals surface area contributed by atoms with Crippen molar-refractivity contribution in [2.75, 3.05) is 31.1 Å². The minimum absolute atomic E-state index is 0.0000260. The zero-order valence-corrected chi connectivity index (χ0v) is 13.8. The molecule has 2 rings (SSSR count). The average Bonchev–Trinajstić information content (AvgIpc) is 2.61. The third-order valence-electron chi connectivity index (χ3n) is 3.28. The summed E-state index contributed by atoms with van der Waals surface area (Å²) in [5.74, 6) is 8.04. The number of carbonyl (C=O) groups excluding carboxylic acids is 2. The number of halogens is 1. The van der Waals surface area contributed by atoms with E-state index in [0.29, 0.717) is 0 Å². The number of amides is 1. The van der Waals surface area contributed by atoms with Gasteiger partial charge in [0.25, 0.3) is 5.91 Å². The first kappa shape index (κ1) is 18.5. The van der Waals surface area contributed by atoms with Gasteiger partial charge < -0.3 is 32.2 Å². The monoisotopic (exact) mass is 365 g/mol. The highest BCUT2D eigenvalue weighted by Crippen LogP contribution is 2.27. The molecule has 0 spiro atoms. The van der Waals surface area contributed by atoms with E-state index in [1.54, 1.807) is 0 Å². The van der Waals surface area contributed by atoms with Crippen LogP contribution in [0.3, 0.4) is 0 Å². The molecular weight excluding hydrogens is 349 g/mol. The van der Waals surface area contributed by atoms with Crippen molar-refractivity contribution in [1.82, 2.24) is 9.89 Å². The SMILES string of the molecule is COC(=O)c1cc(F)c(OC)cc1NC(=O)c1cc(N)/c(=N/N)n(N)n1. The van der Waals surface area contributed by atoms with Crippen molar-refractivity contribution in [3.8, 4) is 5.75 Å². The summed E-state index contributed by atoms with van der Waals surface area (Å²) in [6.45, 7) is 0. The Morgan fingerprint density at radius 1 is 1.31 bits per heavy atom. The molecule has 1 heterocycles. The Hall–Kier alpha value is -3.83. The van der Waals surface area contributed by atoms with Crippen LogP contribution in [0.5, 0.6) is 5.75 Å². The maximum Gasteiger partial charge on any atom is 0.340 e. The van der Waals surface area contributed by atoms with Crippen molar-refractivity contribution < 1.29 is 23.5 Å². The predicted molar refractivity (Wildman–Crippen MR) is 88.8 cm³/mol. The molecule has 1 amide bonds. The van der Waals surface area contributed by atoms with Gasteiger partial charge in [-0.3, -0.25) is 4.79 Å². The third-order valence-corrected chi connectivity index (χ3v) is 3.28. The van der Waals surface area contributed by atoms with E-state index in [0.717, 1.165) is 24.0 Å². The Balaban J connectivity index is 2.47. The van der Waals surface area contributed by atoms with E-state index >= 15 is 0 Å². The first-order chi connectivity index (χ1) is 12.3. The molecule has 138 valence electrons. The lowest BCUT2D eigenvalue weighted by Crippen LogP contribution is -2.35. The van der Waals surface area contributed by atoms with Crippen molar-refractivity contribution in [2.45, 2.75) is 0 Å². The van der Waals surface area contributed by atoms with Gasteiger partial charge in [0.1, 0.15) is 0 Å². The fourth-order valence-electron chi connectivity index (χ4n) is 2.06. The molecule has 26 heavy (non-hydrogen) atoms. The van der Waals surface area contributed by atoms with Crippen molar-refractivity contribution in [2.24, 2.45) is 10.9 Å². The number of rotatable bonds is 4. The third kappa shape index (κ3) is 3.48. The summed E-state index contributed by atoms with van der Waals surface area (Å²) >= 11 is 0. The predicted octanol–water partition coefficient (Wildman–Crippen LogP) is -0.860. The highest BCUT2D eigenvalue weighted by atomic mass is 19.1. The van der Waals surface area contributed by atoms with Crippen molar-refractivity contribution in [3.05, 3.63) is 40.8 Å². The topological polar surface area (TPSA) is 173 Å². The van der Waals surface area contributed by atoms with Gasteiger partial charge >= 0.3 is 5.97 Å². The van der Waals surface area contributed by atoms with E-state index in [4.69, 9.17) is 22.2 Å². The number of hydrogen-bond acceptors (Lipinski definition) is 9. The lowest BCUT2D eigenvalue weighted by atomic mass is 10.1. The number of ether oxygens (including phenoxy) is 2. The number of benzene rings is 1. The number of carbonyl (C=O) groups is 2. The molecule has 0 saturated heterocycles. The molecule has 2 aromatic rings. The summed E-state index contributed by atoms with van der Waals surface area (Å²) in [7, 11) is 2.35. The summed E-state index contributed by atoms with van der Waals surface area (Å²) in [4.78, 5) is 25.0. The van der Waals surface area contributed by atoms with Crippen molar-refractivity contribution in [1.29, 1.82) is 0 Å². The summed E-state index contributed by atoms with van der Waals surface area (Å²) < 4.78 is 23.3. The van der Waals surface area contributed by atoms with Crippen LogP contribution in [0.15, 0.2) is 23.3 Å². The first-order valence-electron chi connectivity index (χ1n) is 6.98. The van der Waals surface area contributed by atoms with E-state index in [9.17, 15) is 14.0 Å². The number of nitrogen functional groups attached to an aromatic ring is 2. The molecule has 1 aromatic carbocycles. The number of esters is 1. The fourth-order valence-corrected chi connectivity index (χ4v) is 2.06. The quantitative estimate of drug-likeness (QED) is 0.308. The standard InChI is InChI=1S/C14H16FN7O4/c1-25-11-5-9(6(3-7(11)15)14(24)26-2)19-13(23)10-4-8(16)12(20-17)22(18)21-10/h3-5H,16-18H2,1-2H3,(H,19,23)/b20-12-. The number of methoxy groups -OCH3 is 2. The minimum Gasteiger partial charge on any atom is -0.494 e. The van der Waals surface area contributed by atoms with Gasteiger partial charge in [0.15, 0.2) is 17.3 Å². The number of nitrogens with zero attached hydrogens (tertiary/aromatic N) is 3. The van der Waals surface area contributed by atoms with Gasteiger partial charge in [-0.2, -0.15) is 9.89 Å². The van der Waals surface area contributed by atoms with E-state index < -0.39 is 17.7 Å². The lowest BCUT2D eigenvalue weighted by Gasteiger charge is -2.12. The van der Waals surface area contributed by atoms with Gasteiger partial charge in [0.2, 0.25) is 5.49 Å². The van der Waals surface area contributed by atoms with Crippen LogP contribution in [0.1, 0.15) is 20.8 Å². The van der Waals surface area contributed by atoms with Gasteiger partial charge in [-0.25, -0.2) is 9.18 Å². The zero-order valence-electron chi connectivity index (χ0n) is 13.8. The van der Waals surface area contributed by atoms with Gasteiger partial charge in [-0.15, -0.1) is 5.10 Å². The molecule has 0 aliphatic rings. The first-order valence-corrected chi connectivity index (χ1v) is 6.98. The second kappa shape index (κ2) is 7.38. The van der Waals surface area contributed by atoms with E-state index in [1.807, 2.05) is 0 Å². The highest BCUT2D eigenvalue weighted by molar-refractivity contribution is 6.07. The fraction of sp³-hybridized carbons (Fsp3) is 0.143. The molecule has 0 atom stereocenters. The molecular formula is C14H16FN7O4. The van der Waals surface area contributed by atoms with Crippen LogP contribution in [0, 0.1) is 5.82 Å². The smallest absolute Gasteiger partial charge is 0.340 e. The molecule has 12 heteroatoms. The second-order valence-electron chi connectivity index (χ2n) is 4.86. The van der Waals surface area contributed by atoms with Crippen LogP contribution < -0.4 is 33.0 Å². The number of nitrogens with one attached hydrogen (secondary N) is 1. The van der Waals surface area contributed by atoms with Crippen LogP contribution >= 0.6 is 0 Å². The number of aromatic nitrogens is 2. The molecule has 0 aliphatic carbocycles.